The number of carbonyl (C=O) groups excluding carboxylic acids is 4. The second-order valence-corrected chi connectivity index (χ2v) is 9.60. The third-order valence-electron chi connectivity index (χ3n) is 4.78. The highest BCUT2D eigenvalue weighted by molar-refractivity contribution is 6.38. The minimum absolute atomic E-state index is 0.0792. The van der Waals surface area contributed by atoms with E-state index in [1.54, 1.807) is 20.8 Å². The Labute approximate surface area is 200 Å². The van der Waals surface area contributed by atoms with Gasteiger partial charge in [0.1, 0.15) is 18.4 Å². The summed E-state index contributed by atoms with van der Waals surface area (Å²) in [6, 6.07) is 7.10. The summed E-state index contributed by atoms with van der Waals surface area (Å²) in [5.41, 5.74) is 0.390. The fraction of sp³-hybridized carbons (Fsp3) is 0.440. The minimum Gasteiger partial charge on any atom is -0.345 e. The molecule has 1 aromatic carbocycles. The van der Waals surface area contributed by atoms with Gasteiger partial charge in [0.05, 0.1) is 5.56 Å². The molecule has 0 saturated heterocycles. The molecule has 0 spiro atoms. The predicted octanol–water partition coefficient (Wildman–Crippen LogP) is 1.83. The lowest BCUT2D eigenvalue weighted by Crippen LogP contribution is -2.56. The second-order valence-electron chi connectivity index (χ2n) is 9.60. The molecular weight excluding hydrogens is 434 g/mol. The smallest absolute Gasteiger partial charge is 0.290 e. The molecule has 0 fully saturated rings. The molecule has 2 atom stereocenters. The molecule has 3 amide bonds. The van der Waals surface area contributed by atoms with Crippen LogP contribution >= 0.6 is 0 Å². The lowest BCUT2D eigenvalue weighted by molar-refractivity contribution is -0.141. The molecule has 0 radical (unpaired) electrons. The Morgan fingerprint density at radius 1 is 0.912 bits per heavy atom. The van der Waals surface area contributed by atoms with Crippen LogP contribution in [0.1, 0.15) is 57.0 Å². The maximum absolute atomic E-state index is 13.2. The number of Topliss-reactive ketones (excluding diaryl/α,β-unsaturated/α-hetero) is 1. The average Bonchev–Trinajstić information content (AvgIpc) is 2.77. The molecule has 9 heteroatoms. The zero-order chi connectivity index (χ0) is 25.3. The van der Waals surface area contributed by atoms with Gasteiger partial charge in [-0.05, 0) is 38.7 Å². The second kappa shape index (κ2) is 12.0. The lowest BCUT2D eigenvalue weighted by atomic mass is 9.98. The number of carbonyl (C=O) groups is 4. The standard InChI is InChI=1S/C25H33N5O4/c1-16(2)11-20(29-22(32)18-13-26-15-27-14-18)23(33)28-19(12-17-9-7-6-8-10-17)21(31)24(34)30-25(3,4)5/h6-10,13-16,19-20H,11-12H2,1-5H3,(H,28,33)(H,29,32)(H,30,34). The number of rotatable bonds is 10. The van der Waals surface area contributed by atoms with E-state index < -0.39 is 41.1 Å². The number of benzene rings is 1. The average molecular weight is 468 g/mol. The van der Waals surface area contributed by atoms with Crippen molar-refractivity contribution in [2.75, 3.05) is 0 Å². The number of hydrogen-bond acceptors (Lipinski definition) is 6. The van der Waals surface area contributed by atoms with Gasteiger partial charge < -0.3 is 16.0 Å². The van der Waals surface area contributed by atoms with E-state index in [0.29, 0.717) is 6.42 Å². The number of amides is 3. The summed E-state index contributed by atoms with van der Waals surface area (Å²) in [5, 5.41) is 8.05. The van der Waals surface area contributed by atoms with E-state index in [0.717, 1.165) is 5.56 Å². The van der Waals surface area contributed by atoms with Crippen molar-refractivity contribution in [1.29, 1.82) is 0 Å². The van der Waals surface area contributed by atoms with E-state index in [1.165, 1.54) is 18.7 Å². The van der Waals surface area contributed by atoms with Crippen molar-refractivity contribution in [3.63, 3.8) is 0 Å². The highest BCUT2D eigenvalue weighted by atomic mass is 16.2. The fourth-order valence-corrected chi connectivity index (χ4v) is 3.25. The molecule has 2 unspecified atom stereocenters. The molecule has 0 aliphatic heterocycles. The van der Waals surface area contributed by atoms with Crippen LogP contribution in [0.15, 0.2) is 49.1 Å². The zero-order valence-corrected chi connectivity index (χ0v) is 20.3. The van der Waals surface area contributed by atoms with Crippen LogP contribution in [0.5, 0.6) is 0 Å². The molecule has 0 aliphatic rings. The van der Waals surface area contributed by atoms with Crippen LogP contribution in [0.25, 0.3) is 0 Å². The van der Waals surface area contributed by atoms with E-state index in [1.807, 2.05) is 44.2 Å². The first kappa shape index (κ1) is 26.6. The predicted molar refractivity (Wildman–Crippen MR) is 128 cm³/mol. The summed E-state index contributed by atoms with van der Waals surface area (Å²) in [7, 11) is 0. The Bertz CT molecular complexity index is 987. The van der Waals surface area contributed by atoms with Gasteiger partial charge in [0.25, 0.3) is 11.8 Å². The largest absolute Gasteiger partial charge is 0.345 e. The Balaban J connectivity index is 2.24. The SMILES string of the molecule is CC(C)CC(NC(=O)c1cncnc1)C(=O)NC(Cc1ccccc1)C(=O)C(=O)NC(C)(C)C. The summed E-state index contributed by atoms with van der Waals surface area (Å²) in [6.07, 6.45) is 4.48. The van der Waals surface area contributed by atoms with Crippen molar-refractivity contribution >= 4 is 23.5 Å². The van der Waals surface area contributed by atoms with Gasteiger partial charge in [-0.25, -0.2) is 9.97 Å². The van der Waals surface area contributed by atoms with E-state index in [-0.39, 0.29) is 17.9 Å². The highest BCUT2D eigenvalue weighted by Crippen LogP contribution is 2.10. The Morgan fingerprint density at radius 3 is 2.09 bits per heavy atom. The maximum Gasteiger partial charge on any atom is 0.290 e. The van der Waals surface area contributed by atoms with Crippen LogP contribution in [-0.4, -0.2) is 51.1 Å². The van der Waals surface area contributed by atoms with Gasteiger partial charge in [-0.3, -0.25) is 19.2 Å². The maximum atomic E-state index is 13.2. The monoisotopic (exact) mass is 467 g/mol. The summed E-state index contributed by atoms with van der Waals surface area (Å²) < 4.78 is 0. The van der Waals surface area contributed by atoms with Crippen molar-refractivity contribution in [3.05, 3.63) is 60.2 Å². The van der Waals surface area contributed by atoms with Gasteiger partial charge in [-0.1, -0.05) is 44.2 Å². The molecule has 1 heterocycles. The third kappa shape index (κ3) is 8.73. The first-order valence-electron chi connectivity index (χ1n) is 11.2. The lowest BCUT2D eigenvalue weighted by Gasteiger charge is -2.25. The molecule has 0 aliphatic carbocycles. The number of nitrogens with zero attached hydrogens (tertiary/aromatic N) is 2. The van der Waals surface area contributed by atoms with Gasteiger partial charge in [-0.15, -0.1) is 0 Å². The third-order valence-corrected chi connectivity index (χ3v) is 4.78. The van der Waals surface area contributed by atoms with Crippen molar-refractivity contribution in [1.82, 2.24) is 25.9 Å². The van der Waals surface area contributed by atoms with Crippen molar-refractivity contribution < 1.29 is 19.2 Å². The van der Waals surface area contributed by atoms with Crippen LogP contribution in [0, 0.1) is 5.92 Å². The van der Waals surface area contributed by atoms with Crippen LogP contribution in [0.3, 0.4) is 0 Å². The van der Waals surface area contributed by atoms with Gasteiger partial charge in [-0.2, -0.15) is 0 Å². The van der Waals surface area contributed by atoms with Gasteiger partial charge in [0.15, 0.2) is 0 Å². The number of nitrogens with one attached hydrogen (secondary N) is 3. The molecule has 3 N–H and O–H groups in total. The Kier molecular flexibility index (Phi) is 9.41. The minimum atomic E-state index is -1.09. The van der Waals surface area contributed by atoms with Gasteiger partial charge >= 0.3 is 0 Å². The van der Waals surface area contributed by atoms with E-state index in [4.69, 9.17) is 0 Å². The molecule has 9 nitrogen and oxygen atoms in total. The van der Waals surface area contributed by atoms with Gasteiger partial charge in [0.2, 0.25) is 11.7 Å². The van der Waals surface area contributed by atoms with E-state index in [9.17, 15) is 19.2 Å². The summed E-state index contributed by atoms with van der Waals surface area (Å²) in [5.74, 6) is -2.50. The first-order chi connectivity index (χ1) is 16.0. The van der Waals surface area contributed by atoms with Gasteiger partial charge in [0, 0.05) is 24.4 Å². The van der Waals surface area contributed by atoms with Crippen LogP contribution in [-0.2, 0) is 20.8 Å². The number of hydrogen-bond donors (Lipinski definition) is 3. The summed E-state index contributed by atoms with van der Waals surface area (Å²) >= 11 is 0. The van der Waals surface area contributed by atoms with E-state index in [2.05, 4.69) is 25.9 Å². The normalized spacial score (nSPS) is 13.0. The quantitative estimate of drug-likeness (QED) is 0.457. The van der Waals surface area contributed by atoms with Crippen LogP contribution in [0.4, 0.5) is 0 Å². The van der Waals surface area contributed by atoms with E-state index >= 15 is 0 Å². The molecule has 1 aromatic heterocycles. The molecular formula is C25H33N5O4. The Morgan fingerprint density at radius 2 is 1.53 bits per heavy atom. The van der Waals surface area contributed by atoms with Crippen LogP contribution < -0.4 is 16.0 Å². The topological polar surface area (TPSA) is 130 Å². The fourth-order valence-electron chi connectivity index (χ4n) is 3.25. The molecule has 2 rings (SSSR count). The first-order valence-corrected chi connectivity index (χ1v) is 11.2. The van der Waals surface area contributed by atoms with Crippen molar-refractivity contribution in [2.45, 2.75) is 65.1 Å². The van der Waals surface area contributed by atoms with Crippen molar-refractivity contribution in [3.8, 4) is 0 Å². The molecule has 0 bridgehead atoms. The number of ketones is 1. The molecule has 2 aromatic rings. The van der Waals surface area contributed by atoms with Crippen LogP contribution in [0.2, 0.25) is 0 Å². The Hall–Kier alpha value is -3.62. The summed E-state index contributed by atoms with van der Waals surface area (Å²) in [6.45, 7) is 9.14. The molecule has 34 heavy (non-hydrogen) atoms. The summed E-state index contributed by atoms with van der Waals surface area (Å²) in [4.78, 5) is 59.1. The highest BCUT2D eigenvalue weighted by Gasteiger charge is 2.32. The molecule has 182 valence electrons. The zero-order valence-electron chi connectivity index (χ0n) is 20.3. The van der Waals surface area contributed by atoms with Crippen molar-refractivity contribution in [2.24, 2.45) is 5.92 Å². The molecule has 0 saturated carbocycles. The number of aromatic nitrogens is 2.